The Labute approximate surface area is 142 Å². The SMILES string of the molecule is C=CCNc1nc(SCc2ccc(C)cc2)nc2c1CCCC2. The van der Waals surface area contributed by atoms with Crippen LogP contribution >= 0.6 is 11.8 Å². The Kier molecular flexibility index (Phi) is 5.34. The molecule has 1 aromatic carbocycles. The molecule has 0 aliphatic heterocycles. The molecule has 1 aliphatic carbocycles. The quantitative estimate of drug-likeness (QED) is 0.480. The average Bonchev–Trinajstić information content (AvgIpc) is 2.59. The van der Waals surface area contributed by atoms with Crippen molar-refractivity contribution in [2.45, 2.75) is 43.5 Å². The summed E-state index contributed by atoms with van der Waals surface area (Å²) in [7, 11) is 0. The van der Waals surface area contributed by atoms with E-state index in [0.717, 1.165) is 36.1 Å². The minimum atomic E-state index is 0.742. The first kappa shape index (κ1) is 16.1. The third kappa shape index (κ3) is 4.14. The Hall–Kier alpha value is -1.81. The van der Waals surface area contributed by atoms with Crippen molar-refractivity contribution in [1.29, 1.82) is 0 Å². The van der Waals surface area contributed by atoms with Gasteiger partial charge < -0.3 is 5.32 Å². The first-order valence-electron chi connectivity index (χ1n) is 8.19. The second-order valence-electron chi connectivity index (χ2n) is 5.93. The van der Waals surface area contributed by atoms with Crippen LogP contribution in [-0.2, 0) is 18.6 Å². The highest BCUT2D eigenvalue weighted by Crippen LogP contribution is 2.29. The van der Waals surface area contributed by atoms with Gasteiger partial charge in [-0.25, -0.2) is 9.97 Å². The zero-order valence-corrected chi connectivity index (χ0v) is 14.5. The lowest BCUT2D eigenvalue weighted by Crippen LogP contribution is -2.13. The highest BCUT2D eigenvalue weighted by molar-refractivity contribution is 7.98. The predicted octanol–water partition coefficient (Wildman–Crippen LogP) is 4.55. The molecule has 120 valence electrons. The number of aryl methyl sites for hydroxylation is 2. The van der Waals surface area contributed by atoms with Crippen LogP contribution in [0.3, 0.4) is 0 Å². The van der Waals surface area contributed by atoms with Gasteiger partial charge in [0.25, 0.3) is 0 Å². The van der Waals surface area contributed by atoms with Gasteiger partial charge in [-0.1, -0.05) is 47.7 Å². The Bertz CT molecular complexity index is 680. The number of rotatable bonds is 6. The molecule has 2 aromatic rings. The first-order chi connectivity index (χ1) is 11.3. The fraction of sp³-hybridized carbons (Fsp3) is 0.368. The molecule has 23 heavy (non-hydrogen) atoms. The van der Waals surface area contributed by atoms with Crippen LogP contribution in [0, 0.1) is 6.92 Å². The average molecular weight is 325 g/mol. The van der Waals surface area contributed by atoms with E-state index in [1.807, 2.05) is 6.08 Å². The van der Waals surface area contributed by atoms with E-state index in [9.17, 15) is 0 Å². The number of hydrogen-bond donors (Lipinski definition) is 1. The van der Waals surface area contributed by atoms with Crippen LogP contribution in [-0.4, -0.2) is 16.5 Å². The number of nitrogens with one attached hydrogen (secondary N) is 1. The van der Waals surface area contributed by atoms with Crippen LogP contribution in [0.1, 0.15) is 35.2 Å². The lowest BCUT2D eigenvalue weighted by Gasteiger charge is -2.19. The molecule has 1 heterocycles. The molecule has 1 aliphatic rings. The summed E-state index contributed by atoms with van der Waals surface area (Å²) >= 11 is 1.71. The van der Waals surface area contributed by atoms with Crippen molar-refractivity contribution in [3.8, 4) is 0 Å². The molecule has 1 N–H and O–H groups in total. The van der Waals surface area contributed by atoms with Gasteiger partial charge in [-0.2, -0.15) is 0 Å². The number of fused-ring (bicyclic) bond motifs is 1. The van der Waals surface area contributed by atoms with Gasteiger partial charge >= 0.3 is 0 Å². The largest absolute Gasteiger partial charge is 0.366 e. The van der Waals surface area contributed by atoms with Crippen LogP contribution < -0.4 is 5.32 Å². The summed E-state index contributed by atoms with van der Waals surface area (Å²) in [5.41, 5.74) is 5.13. The van der Waals surface area contributed by atoms with E-state index in [4.69, 9.17) is 9.97 Å². The molecule has 3 rings (SSSR count). The maximum atomic E-state index is 4.80. The van der Waals surface area contributed by atoms with Crippen molar-refractivity contribution in [3.63, 3.8) is 0 Å². The molecular weight excluding hydrogens is 302 g/mol. The van der Waals surface area contributed by atoms with Gasteiger partial charge in [0.1, 0.15) is 5.82 Å². The van der Waals surface area contributed by atoms with Crippen molar-refractivity contribution in [2.24, 2.45) is 0 Å². The number of thioether (sulfide) groups is 1. The highest BCUT2D eigenvalue weighted by atomic mass is 32.2. The zero-order valence-electron chi connectivity index (χ0n) is 13.6. The maximum absolute atomic E-state index is 4.80. The van der Waals surface area contributed by atoms with E-state index in [1.54, 1.807) is 11.8 Å². The maximum Gasteiger partial charge on any atom is 0.190 e. The summed E-state index contributed by atoms with van der Waals surface area (Å²) < 4.78 is 0. The molecule has 1 aromatic heterocycles. The van der Waals surface area contributed by atoms with Crippen LogP contribution in [0.15, 0.2) is 42.1 Å². The number of anilines is 1. The van der Waals surface area contributed by atoms with Crippen molar-refractivity contribution in [3.05, 3.63) is 59.3 Å². The van der Waals surface area contributed by atoms with E-state index in [2.05, 4.69) is 43.1 Å². The van der Waals surface area contributed by atoms with E-state index >= 15 is 0 Å². The van der Waals surface area contributed by atoms with Crippen LogP contribution in [0.2, 0.25) is 0 Å². The minimum Gasteiger partial charge on any atom is -0.366 e. The van der Waals surface area contributed by atoms with Crippen LogP contribution in [0.25, 0.3) is 0 Å². The lowest BCUT2D eigenvalue weighted by atomic mass is 9.96. The third-order valence-corrected chi connectivity index (χ3v) is 4.98. The fourth-order valence-electron chi connectivity index (χ4n) is 2.78. The van der Waals surface area contributed by atoms with Crippen molar-refractivity contribution >= 4 is 17.6 Å². The molecule has 0 saturated heterocycles. The number of hydrogen-bond acceptors (Lipinski definition) is 4. The van der Waals surface area contributed by atoms with Crippen LogP contribution in [0.4, 0.5) is 5.82 Å². The predicted molar refractivity (Wildman–Crippen MR) is 98.1 cm³/mol. The van der Waals surface area contributed by atoms with E-state index in [0.29, 0.717) is 0 Å². The smallest absolute Gasteiger partial charge is 0.190 e. The molecular formula is C19H23N3S. The molecule has 0 unspecified atom stereocenters. The summed E-state index contributed by atoms with van der Waals surface area (Å²) in [6, 6.07) is 8.66. The van der Waals surface area contributed by atoms with E-state index in [1.165, 1.54) is 35.2 Å². The van der Waals surface area contributed by atoms with Gasteiger partial charge in [-0.15, -0.1) is 6.58 Å². The summed E-state index contributed by atoms with van der Waals surface area (Å²) in [5.74, 6) is 1.90. The Morgan fingerprint density at radius 2 is 1.96 bits per heavy atom. The Morgan fingerprint density at radius 3 is 2.74 bits per heavy atom. The second-order valence-corrected chi connectivity index (χ2v) is 6.87. The Balaban J connectivity index is 1.78. The summed E-state index contributed by atoms with van der Waals surface area (Å²) in [6.07, 6.45) is 6.48. The van der Waals surface area contributed by atoms with Gasteiger partial charge in [0.2, 0.25) is 0 Å². The number of nitrogens with zero attached hydrogens (tertiary/aromatic N) is 2. The molecule has 0 spiro atoms. The third-order valence-electron chi connectivity index (χ3n) is 4.06. The molecule has 0 saturated carbocycles. The second kappa shape index (κ2) is 7.64. The summed E-state index contributed by atoms with van der Waals surface area (Å²) in [6.45, 7) is 6.64. The van der Waals surface area contributed by atoms with Crippen LogP contribution in [0.5, 0.6) is 0 Å². The molecule has 0 fully saturated rings. The van der Waals surface area contributed by atoms with Crippen molar-refractivity contribution < 1.29 is 0 Å². The molecule has 0 bridgehead atoms. The molecule has 3 nitrogen and oxygen atoms in total. The number of benzene rings is 1. The molecule has 4 heteroatoms. The Morgan fingerprint density at radius 1 is 1.17 bits per heavy atom. The van der Waals surface area contributed by atoms with Crippen molar-refractivity contribution in [2.75, 3.05) is 11.9 Å². The van der Waals surface area contributed by atoms with E-state index < -0.39 is 0 Å². The van der Waals surface area contributed by atoms with Gasteiger partial charge in [0, 0.05) is 17.9 Å². The molecule has 0 radical (unpaired) electrons. The van der Waals surface area contributed by atoms with Gasteiger partial charge in [-0.05, 0) is 38.2 Å². The van der Waals surface area contributed by atoms with Gasteiger partial charge in [-0.3, -0.25) is 0 Å². The van der Waals surface area contributed by atoms with Gasteiger partial charge in [0.15, 0.2) is 5.16 Å². The first-order valence-corrected chi connectivity index (χ1v) is 9.17. The highest BCUT2D eigenvalue weighted by Gasteiger charge is 2.17. The van der Waals surface area contributed by atoms with Gasteiger partial charge in [0.05, 0.1) is 5.69 Å². The fourth-order valence-corrected chi connectivity index (χ4v) is 3.60. The van der Waals surface area contributed by atoms with Crippen molar-refractivity contribution in [1.82, 2.24) is 9.97 Å². The summed E-state index contributed by atoms with van der Waals surface area (Å²) in [5, 5.41) is 4.26. The molecule has 0 amide bonds. The standard InChI is InChI=1S/C19H23N3S/c1-3-12-20-18-16-6-4-5-7-17(16)21-19(22-18)23-13-15-10-8-14(2)9-11-15/h3,8-11H,1,4-7,12-13H2,2H3,(H,20,21,22). The monoisotopic (exact) mass is 325 g/mol. The summed E-state index contributed by atoms with van der Waals surface area (Å²) in [4.78, 5) is 9.55. The lowest BCUT2D eigenvalue weighted by molar-refractivity contribution is 0.651. The topological polar surface area (TPSA) is 37.8 Å². The number of aromatic nitrogens is 2. The normalized spacial score (nSPS) is 13.4. The minimum absolute atomic E-state index is 0.742. The molecule has 0 atom stereocenters. The van der Waals surface area contributed by atoms with E-state index in [-0.39, 0.29) is 0 Å². The zero-order chi connectivity index (χ0) is 16.1.